The average Bonchev–Trinajstić information content (AvgIpc) is 2.48. The van der Waals surface area contributed by atoms with E-state index in [0.717, 1.165) is 23.2 Å². The van der Waals surface area contributed by atoms with Crippen LogP contribution in [0.4, 0.5) is 0 Å². The minimum atomic E-state index is -0.358. The second-order valence-corrected chi connectivity index (χ2v) is 4.46. The number of hydrogen-bond donors (Lipinski definition) is 1. The minimum absolute atomic E-state index is 0.147. The average molecular weight is 268 g/mol. The van der Waals surface area contributed by atoms with Gasteiger partial charge in [-0.15, -0.1) is 0 Å². The van der Waals surface area contributed by atoms with Gasteiger partial charge in [0.05, 0.1) is 13.2 Å². The molecule has 0 unspecified atom stereocenters. The van der Waals surface area contributed by atoms with Crippen molar-refractivity contribution in [3.63, 3.8) is 0 Å². The molecule has 0 saturated carbocycles. The number of pyridine rings is 1. The highest BCUT2D eigenvalue weighted by molar-refractivity contribution is 5.33. The topological polar surface area (TPSA) is 65.9 Å². The fraction of sp³-hybridized carbons (Fsp3) is 0.250. The third-order valence-corrected chi connectivity index (χ3v) is 3.07. The lowest BCUT2D eigenvalue weighted by molar-refractivity contribution is 0.104. The number of ether oxygens (including phenoxy) is 1. The van der Waals surface area contributed by atoms with Gasteiger partial charge in [0.1, 0.15) is 11.6 Å². The highest BCUT2D eigenvalue weighted by Gasteiger charge is 2.07. The van der Waals surface area contributed by atoms with Crippen LogP contribution in [0, 0.1) is 11.3 Å². The number of hydrogen-bond acceptors (Lipinski definition) is 3. The molecular formula is C16H16N2O2. The van der Waals surface area contributed by atoms with E-state index < -0.39 is 0 Å². The smallest absolute Gasteiger partial charge is 0.266 e. The summed E-state index contributed by atoms with van der Waals surface area (Å²) in [6, 6.07) is 13.4. The van der Waals surface area contributed by atoms with Gasteiger partial charge < -0.3 is 9.72 Å². The molecule has 1 N–H and O–H groups in total. The Kier molecular flexibility index (Phi) is 4.70. The van der Waals surface area contributed by atoms with E-state index in [1.807, 2.05) is 43.3 Å². The SMILES string of the molecule is CCc1cc(C#N)c(=O)[nH]c1COCc1ccccc1. The molecule has 0 aliphatic heterocycles. The van der Waals surface area contributed by atoms with Gasteiger partial charge >= 0.3 is 0 Å². The first-order valence-electron chi connectivity index (χ1n) is 6.51. The Morgan fingerprint density at radius 1 is 1.25 bits per heavy atom. The minimum Gasteiger partial charge on any atom is -0.371 e. The number of H-pyrrole nitrogens is 1. The Morgan fingerprint density at radius 3 is 2.65 bits per heavy atom. The van der Waals surface area contributed by atoms with Gasteiger partial charge in [-0.25, -0.2) is 0 Å². The van der Waals surface area contributed by atoms with Gasteiger partial charge in [-0.1, -0.05) is 37.3 Å². The summed E-state index contributed by atoms with van der Waals surface area (Å²) in [5.41, 5.74) is 2.56. The number of nitriles is 1. The van der Waals surface area contributed by atoms with Crippen molar-refractivity contribution >= 4 is 0 Å². The Hall–Kier alpha value is -2.38. The molecule has 0 fully saturated rings. The number of aromatic amines is 1. The first-order chi connectivity index (χ1) is 9.74. The van der Waals surface area contributed by atoms with Crippen LogP contribution in [0.2, 0.25) is 0 Å². The molecule has 0 aliphatic rings. The Labute approximate surface area is 117 Å². The Bertz CT molecular complexity index is 669. The molecule has 1 aromatic carbocycles. The van der Waals surface area contributed by atoms with Crippen molar-refractivity contribution in [3.05, 3.63) is 69.1 Å². The summed E-state index contributed by atoms with van der Waals surface area (Å²) in [5.74, 6) is 0. The molecule has 4 nitrogen and oxygen atoms in total. The molecule has 1 aromatic heterocycles. The van der Waals surface area contributed by atoms with Gasteiger partial charge in [0, 0.05) is 5.69 Å². The molecule has 2 aromatic rings. The number of nitrogens with zero attached hydrogens (tertiary/aromatic N) is 1. The summed E-state index contributed by atoms with van der Waals surface area (Å²) in [4.78, 5) is 14.4. The third-order valence-electron chi connectivity index (χ3n) is 3.07. The van der Waals surface area contributed by atoms with Crippen LogP contribution in [0.25, 0.3) is 0 Å². The van der Waals surface area contributed by atoms with Gasteiger partial charge in [-0.2, -0.15) is 5.26 Å². The van der Waals surface area contributed by atoms with Gasteiger partial charge in [-0.3, -0.25) is 4.79 Å². The van der Waals surface area contributed by atoms with Gasteiger partial charge in [0.2, 0.25) is 0 Å². The second kappa shape index (κ2) is 6.69. The molecular weight excluding hydrogens is 252 g/mol. The van der Waals surface area contributed by atoms with Gasteiger partial charge in [0.15, 0.2) is 0 Å². The van der Waals surface area contributed by atoms with E-state index in [-0.39, 0.29) is 11.1 Å². The molecule has 0 amide bonds. The summed E-state index contributed by atoms with van der Waals surface area (Å²) < 4.78 is 5.62. The van der Waals surface area contributed by atoms with Crippen molar-refractivity contribution < 1.29 is 4.74 Å². The molecule has 4 heteroatoms. The summed E-state index contributed by atoms with van der Waals surface area (Å²) in [5, 5.41) is 8.85. The largest absolute Gasteiger partial charge is 0.371 e. The fourth-order valence-electron chi connectivity index (χ4n) is 1.98. The molecule has 0 bridgehead atoms. The highest BCUT2D eigenvalue weighted by Crippen LogP contribution is 2.10. The number of nitrogens with one attached hydrogen (secondary N) is 1. The number of aromatic nitrogens is 1. The van der Waals surface area contributed by atoms with Crippen molar-refractivity contribution in [3.8, 4) is 6.07 Å². The van der Waals surface area contributed by atoms with Crippen LogP contribution in [-0.2, 0) is 24.4 Å². The van der Waals surface area contributed by atoms with Gasteiger partial charge in [-0.05, 0) is 23.6 Å². The highest BCUT2D eigenvalue weighted by atomic mass is 16.5. The van der Waals surface area contributed by atoms with Crippen molar-refractivity contribution in [1.82, 2.24) is 4.98 Å². The quantitative estimate of drug-likeness (QED) is 0.906. The van der Waals surface area contributed by atoms with Crippen LogP contribution in [-0.4, -0.2) is 4.98 Å². The first kappa shape index (κ1) is 14.0. The predicted molar refractivity (Wildman–Crippen MR) is 76.1 cm³/mol. The summed E-state index contributed by atoms with van der Waals surface area (Å²) in [6.07, 6.45) is 0.746. The van der Waals surface area contributed by atoms with Crippen LogP contribution in [0.5, 0.6) is 0 Å². The summed E-state index contributed by atoms with van der Waals surface area (Å²) in [6.45, 7) is 2.81. The standard InChI is InChI=1S/C16H16N2O2/c1-2-13-8-14(9-17)16(19)18-15(13)11-20-10-12-6-4-3-5-7-12/h3-8H,2,10-11H2,1H3,(H,18,19). The molecule has 102 valence electrons. The zero-order valence-electron chi connectivity index (χ0n) is 11.3. The number of benzene rings is 1. The molecule has 0 spiro atoms. The molecule has 0 saturated heterocycles. The monoisotopic (exact) mass is 268 g/mol. The molecule has 20 heavy (non-hydrogen) atoms. The molecule has 0 radical (unpaired) electrons. The lowest BCUT2D eigenvalue weighted by Gasteiger charge is -2.09. The number of rotatable bonds is 5. The third kappa shape index (κ3) is 3.34. The van der Waals surface area contributed by atoms with Crippen LogP contribution < -0.4 is 5.56 Å². The van der Waals surface area contributed by atoms with Crippen LogP contribution in [0.15, 0.2) is 41.2 Å². The first-order valence-corrected chi connectivity index (χ1v) is 6.51. The van der Waals surface area contributed by atoms with E-state index in [1.165, 1.54) is 0 Å². The van der Waals surface area contributed by atoms with Crippen LogP contribution in [0.1, 0.15) is 29.3 Å². The van der Waals surface area contributed by atoms with Crippen molar-refractivity contribution in [2.24, 2.45) is 0 Å². The second-order valence-electron chi connectivity index (χ2n) is 4.46. The van der Waals surface area contributed by atoms with E-state index in [9.17, 15) is 4.79 Å². The van der Waals surface area contributed by atoms with E-state index in [2.05, 4.69) is 4.98 Å². The van der Waals surface area contributed by atoms with Gasteiger partial charge in [0.25, 0.3) is 5.56 Å². The Morgan fingerprint density at radius 2 is 2.00 bits per heavy atom. The maximum atomic E-state index is 11.6. The van der Waals surface area contributed by atoms with Crippen molar-refractivity contribution in [2.75, 3.05) is 0 Å². The molecule has 0 atom stereocenters. The predicted octanol–water partition coefficient (Wildman–Crippen LogP) is 2.53. The molecule has 2 rings (SSSR count). The maximum Gasteiger partial charge on any atom is 0.266 e. The number of aryl methyl sites for hydroxylation is 1. The normalized spacial score (nSPS) is 10.2. The van der Waals surface area contributed by atoms with Crippen molar-refractivity contribution in [1.29, 1.82) is 5.26 Å². The maximum absolute atomic E-state index is 11.6. The fourth-order valence-corrected chi connectivity index (χ4v) is 1.98. The lowest BCUT2D eigenvalue weighted by Crippen LogP contribution is -2.15. The van der Waals surface area contributed by atoms with E-state index in [1.54, 1.807) is 6.07 Å². The van der Waals surface area contributed by atoms with E-state index in [4.69, 9.17) is 10.00 Å². The van der Waals surface area contributed by atoms with Crippen molar-refractivity contribution in [2.45, 2.75) is 26.6 Å². The molecule has 1 heterocycles. The van der Waals surface area contributed by atoms with E-state index >= 15 is 0 Å². The Balaban J connectivity index is 2.08. The molecule has 0 aliphatic carbocycles. The zero-order chi connectivity index (χ0) is 14.4. The van der Waals surface area contributed by atoms with E-state index in [0.29, 0.717) is 13.2 Å². The summed E-state index contributed by atoms with van der Waals surface area (Å²) in [7, 11) is 0. The van der Waals surface area contributed by atoms with Crippen LogP contribution >= 0.6 is 0 Å². The lowest BCUT2D eigenvalue weighted by atomic mass is 10.1. The van der Waals surface area contributed by atoms with Crippen LogP contribution in [0.3, 0.4) is 0 Å². The zero-order valence-corrected chi connectivity index (χ0v) is 11.3. The summed E-state index contributed by atoms with van der Waals surface area (Å²) >= 11 is 0.